The Labute approximate surface area is 232 Å². The van der Waals surface area contributed by atoms with Crippen molar-refractivity contribution in [3.05, 3.63) is 76.1 Å². The van der Waals surface area contributed by atoms with Crippen molar-refractivity contribution in [1.29, 1.82) is 0 Å². The molecule has 0 aliphatic carbocycles. The third-order valence-electron chi connectivity index (χ3n) is 5.79. The first-order valence-electron chi connectivity index (χ1n) is 11.7. The number of halogens is 12. The minimum atomic E-state index is -5.22. The Hall–Kier alpha value is -3.04. The van der Waals surface area contributed by atoms with Gasteiger partial charge in [-0.1, -0.05) is 37.3 Å². The Morgan fingerprint density at radius 3 is 1.93 bits per heavy atom. The van der Waals surface area contributed by atoms with E-state index in [1.54, 1.807) is 0 Å². The van der Waals surface area contributed by atoms with Crippen molar-refractivity contribution in [2.75, 3.05) is 11.5 Å². The van der Waals surface area contributed by atoms with E-state index in [9.17, 15) is 65.9 Å². The van der Waals surface area contributed by atoms with Gasteiger partial charge in [0.2, 0.25) is 0 Å². The normalized spacial score (nSPS) is 15.2. The molecule has 2 aromatic carbocycles. The highest BCUT2D eigenvalue weighted by Crippen LogP contribution is 2.39. The van der Waals surface area contributed by atoms with Gasteiger partial charge in [0.05, 0.1) is 22.8 Å². The molecule has 0 aliphatic rings. The number of rotatable bonds is 10. The second kappa shape index (κ2) is 12.3. The molecular weight excluding hydrogens is 620 g/mol. The van der Waals surface area contributed by atoms with Gasteiger partial charge in [0, 0.05) is 18.9 Å². The average Bonchev–Trinajstić information content (AvgIpc) is 2.75. The molecule has 0 saturated carbocycles. The molecule has 0 N–H and O–H groups in total. The molecule has 2 aromatic rings. The van der Waals surface area contributed by atoms with Crippen LogP contribution in [-0.4, -0.2) is 37.8 Å². The predicted molar refractivity (Wildman–Crippen MR) is 128 cm³/mol. The molecule has 0 aliphatic heterocycles. The van der Waals surface area contributed by atoms with Gasteiger partial charge in [-0.05, 0) is 35.2 Å². The van der Waals surface area contributed by atoms with Gasteiger partial charge in [0.1, 0.15) is 11.6 Å². The molecule has 0 fully saturated rings. The molecule has 16 heteroatoms. The lowest BCUT2D eigenvalue weighted by Crippen LogP contribution is -2.28. The molecule has 0 spiro atoms. The van der Waals surface area contributed by atoms with E-state index in [4.69, 9.17) is 0 Å². The Morgan fingerprint density at radius 1 is 0.857 bits per heavy atom. The van der Waals surface area contributed by atoms with Gasteiger partial charge in [-0.15, -0.1) is 0 Å². The highest BCUT2D eigenvalue weighted by atomic mass is 32.2. The smallest absolute Gasteiger partial charge is 0.294 e. The van der Waals surface area contributed by atoms with Gasteiger partial charge in [0.25, 0.3) is 5.92 Å². The zero-order valence-corrected chi connectivity index (χ0v) is 22.4. The Bertz CT molecular complexity index is 1420. The summed E-state index contributed by atoms with van der Waals surface area (Å²) < 4.78 is 183. The maximum Gasteiger partial charge on any atom is 0.419 e. The summed E-state index contributed by atoms with van der Waals surface area (Å²) in [6.45, 7) is 1.39. The fourth-order valence-corrected chi connectivity index (χ4v) is 5.71. The van der Waals surface area contributed by atoms with E-state index >= 15 is 0 Å². The quantitative estimate of drug-likeness (QED) is 0.193. The van der Waals surface area contributed by atoms with Crippen molar-refractivity contribution in [2.45, 2.75) is 50.6 Å². The van der Waals surface area contributed by atoms with Crippen LogP contribution in [0.5, 0.6) is 0 Å². The number of benzene rings is 2. The van der Waals surface area contributed by atoms with Crippen molar-refractivity contribution < 1.29 is 65.9 Å². The minimum Gasteiger partial charge on any atom is -0.294 e. The highest BCUT2D eigenvalue weighted by Gasteiger charge is 2.39. The van der Waals surface area contributed by atoms with Crippen molar-refractivity contribution in [1.82, 2.24) is 0 Å². The molecule has 0 aromatic heterocycles. The third kappa shape index (κ3) is 10.1. The summed E-state index contributed by atoms with van der Waals surface area (Å²) in [5.74, 6) is -13.5. The molecule has 0 heterocycles. The van der Waals surface area contributed by atoms with Crippen LogP contribution >= 0.6 is 0 Å². The Balaban J connectivity index is 2.42. The van der Waals surface area contributed by atoms with E-state index in [2.05, 4.69) is 0 Å². The third-order valence-corrected chi connectivity index (χ3v) is 7.63. The molecule has 3 nitrogen and oxygen atoms in total. The van der Waals surface area contributed by atoms with Crippen molar-refractivity contribution in [3.8, 4) is 0 Å². The Kier molecular flexibility index (Phi) is 10.3. The molecule has 0 saturated heterocycles. The summed E-state index contributed by atoms with van der Waals surface area (Å²) in [7, 11) is -4.73. The molecule has 0 radical (unpaired) electrons. The SMILES string of the molecule is C[C@@H](CC(=O)c1ccc(/C=C/C(c2ccc(F)c(C(F)(F)F)c2)C(C)(F)F)cc1C(F)(F)F)CS(=O)(=O)CC(F)(F)F. The topological polar surface area (TPSA) is 51.2 Å². The summed E-state index contributed by atoms with van der Waals surface area (Å²) in [6.07, 6.45) is -15.0. The van der Waals surface area contributed by atoms with Gasteiger partial charge in [0.15, 0.2) is 15.6 Å². The van der Waals surface area contributed by atoms with Crippen molar-refractivity contribution >= 4 is 21.7 Å². The fourth-order valence-electron chi connectivity index (χ4n) is 4.10. The molecular formula is C26H22F12O3S. The maximum atomic E-state index is 14.3. The lowest BCUT2D eigenvalue weighted by molar-refractivity contribution is -0.140. The van der Waals surface area contributed by atoms with Crippen LogP contribution in [0.1, 0.15) is 58.8 Å². The summed E-state index contributed by atoms with van der Waals surface area (Å²) in [5, 5.41) is 0. The molecule has 0 amide bonds. The first-order chi connectivity index (χ1) is 18.8. The average molecular weight is 643 g/mol. The van der Waals surface area contributed by atoms with E-state index in [1.807, 2.05) is 0 Å². The van der Waals surface area contributed by atoms with Crippen LogP contribution in [0.4, 0.5) is 52.7 Å². The van der Waals surface area contributed by atoms with E-state index in [0.29, 0.717) is 37.3 Å². The molecule has 0 bridgehead atoms. The second-order valence-corrected chi connectivity index (χ2v) is 11.8. The van der Waals surface area contributed by atoms with Gasteiger partial charge < -0.3 is 0 Å². The van der Waals surface area contributed by atoms with Crippen LogP contribution in [-0.2, 0) is 22.2 Å². The zero-order chi connectivity index (χ0) is 32.5. The predicted octanol–water partition coefficient (Wildman–Crippen LogP) is 8.50. The van der Waals surface area contributed by atoms with Gasteiger partial charge in [-0.3, -0.25) is 4.79 Å². The summed E-state index contributed by atoms with van der Waals surface area (Å²) >= 11 is 0. The van der Waals surface area contributed by atoms with Crippen molar-refractivity contribution in [3.63, 3.8) is 0 Å². The number of sulfone groups is 1. The molecule has 42 heavy (non-hydrogen) atoms. The Morgan fingerprint density at radius 2 is 1.43 bits per heavy atom. The molecule has 1 unspecified atom stereocenters. The lowest BCUT2D eigenvalue weighted by atomic mass is 9.90. The van der Waals surface area contributed by atoms with Crippen LogP contribution in [0.3, 0.4) is 0 Å². The number of hydrogen-bond donors (Lipinski definition) is 0. The van der Waals surface area contributed by atoms with Gasteiger partial charge >= 0.3 is 18.5 Å². The number of carbonyl (C=O) groups is 1. The van der Waals surface area contributed by atoms with E-state index < -0.39 is 103 Å². The second-order valence-electron chi connectivity index (χ2n) is 9.74. The number of ketones is 1. The summed E-state index contributed by atoms with van der Waals surface area (Å²) in [6, 6.07) is 3.06. The molecule has 234 valence electrons. The maximum absolute atomic E-state index is 14.3. The largest absolute Gasteiger partial charge is 0.419 e. The van der Waals surface area contributed by atoms with Crippen LogP contribution in [0.25, 0.3) is 6.08 Å². The van der Waals surface area contributed by atoms with E-state index in [-0.39, 0.29) is 6.07 Å². The summed E-state index contributed by atoms with van der Waals surface area (Å²) in [5.41, 5.74) is -5.46. The summed E-state index contributed by atoms with van der Waals surface area (Å²) in [4.78, 5) is 12.6. The monoisotopic (exact) mass is 642 g/mol. The van der Waals surface area contributed by atoms with Gasteiger partial charge in [-0.2, -0.15) is 39.5 Å². The number of hydrogen-bond acceptors (Lipinski definition) is 3. The highest BCUT2D eigenvalue weighted by molar-refractivity contribution is 7.91. The lowest BCUT2D eigenvalue weighted by Gasteiger charge is -2.22. The number of allylic oxidation sites excluding steroid dienone is 1. The molecule has 2 rings (SSSR count). The first kappa shape index (κ1) is 35.2. The van der Waals surface area contributed by atoms with Crippen LogP contribution < -0.4 is 0 Å². The first-order valence-corrected chi connectivity index (χ1v) is 13.6. The molecule has 2 atom stereocenters. The van der Waals surface area contributed by atoms with Crippen LogP contribution in [0, 0.1) is 11.7 Å². The van der Waals surface area contributed by atoms with E-state index in [1.165, 1.54) is 0 Å². The standard InChI is InChI=1S/C26H22F12O3S/c1-14(12-42(40,41)13-24(30,31)32)9-22(39)17-6-3-15(10-19(17)25(33,34)35)4-7-18(23(2,28)29)16-5-8-21(27)20(11-16)26(36,37)38/h3-8,10-11,14,18H,9,12-13H2,1-2H3/b7-4+/t14-,18?/m0/s1. The number of Topliss-reactive ketones (excluding diaryl/α,β-unsaturated/α-hetero) is 1. The fraction of sp³-hybridized carbons (Fsp3) is 0.423. The minimum absolute atomic E-state index is 0.154. The number of alkyl halides is 11. The van der Waals surface area contributed by atoms with Crippen LogP contribution in [0.15, 0.2) is 42.5 Å². The van der Waals surface area contributed by atoms with Crippen LogP contribution in [0.2, 0.25) is 0 Å². The zero-order valence-electron chi connectivity index (χ0n) is 21.6. The van der Waals surface area contributed by atoms with Gasteiger partial charge in [-0.25, -0.2) is 21.6 Å². The van der Waals surface area contributed by atoms with E-state index in [0.717, 1.165) is 19.1 Å². The van der Waals surface area contributed by atoms with Crippen molar-refractivity contribution in [2.24, 2.45) is 5.92 Å². The number of carbonyl (C=O) groups excluding carboxylic acids is 1.